The number of guanidine groups is 1. The summed E-state index contributed by atoms with van der Waals surface area (Å²) in [7, 11) is -3.70. The molecule has 2 aromatic rings. The second-order valence-electron chi connectivity index (χ2n) is 6.80. The molecule has 1 aromatic carbocycles. The second kappa shape index (κ2) is 9.04. The molecular weight excluding hydrogens is 421 g/mol. The molecule has 3 N–H and O–H groups in total. The average Bonchev–Trinajstić information content (AvgIpc) is 3.20. The Labute approximate surface area is 172 Å². The van der Waals surface area contributed by atoms with Crippen molar-refractivity contribution >= 4 is 16.0 Å². The molecule has 0 amide bonds. The molecule has 1 aromatic heterocycles. The van der Waals surface area contributed by atoms with E-state index in [9.17, 15) is 21.6 Å². The Balaban J connectivity index is 1.50. The number of imidazole rings is 1. The van der Waals surface area contributed by atoms with E-state index in [-0.39, 0.29) is 32.0 Å². The number of benzene rings is 1. The first-order valence-corrected chi connectivity index (χ1v) is 10.8. The number of aromatic amines is 1. The van der Waals surface area contributed by atoms with Gasteiger partial charge in [-0.3, -0.25) is 4.99 Å². The molecule has 0 spiro atoms. The number of aromatic nitrogens is 2. The molecule has 0 saturated carbocycles. The molecule has 1 saturated heterocycles. The van der Waals surface area contributed by atoms with Crippen LogP contribution in [0.25, 0.3) is 11.3 Å². The van der Waals surface area contributed by atoms with E-state index in [1.165, 1.54) is 0 Å². The van der Waals surface area contributed by atoms with Crippen LogP contribution in [-0.4, -0.2) is 60.3 Å². The molecule has 3 rings (SSSR count). The van der Waals surface area contributed by atoms with E-state index >= 15 is 0 Å². The van der Waals surface area contributed by atoms with Crippen molar-refractivity contribution in [2.24, 2.45) is 4.99 Å². The van der Waals surface area contributed by atoms with Crippen molar-refractivity contribution in [1.29, 1.82) is 0 Å². The number of aliphatic imine (C=N–C) groups is 1. The highest BCUT2D eigenvalue weighted by atomic mass is 32.2. The van der Waals surface area contributed by atoms with Crippen LogP contribution in [0, 0.1) is 0 Å². The van der Waals surface area contributed by atoms with E-state index in [1.54, 1.807) is 13.2 Å². The van der Waals surface area contributed by atoms with Gasteiger partial charge in [0, 0.05) is 26.2 Å². The van der Waals surface area contributed by atoms with Crippen LogP contribution in [-0.2, 0) is 16.6 Å². The fraction of sp³-hybridized carbons (Fsp3) is 0.444. The maximum atomic E-state index is 12.7. The lowest BCUT2D eigenvalue weighted by atomic mass is 10.1. The highest BCUT2D eigenvalue weighted by molar-refractivity contribution is 7.90. The number of H-pyrrole nitrogens is 1. The number of hydrogen-bond donors (Lipinski definition) is 3. The number of sulfonamides is 1. The summed E-state index contributed by atoms with van der Waals surface area (Å²) in [5.41, 5.74) is -3.38. The van der Waals surface area contributed by atoms with E-state index in [4.69, 9.17) is 0 Å². The lowest BCUT2D eigenvalue weighted by Crippen LogP contribution is -2.51. The van der Waals surface area contributed by atoms with E-state index in [0.717, 1.165) is 11.3 Å². The first-order valence-electron chi connectivity index (χ1n) is 9.33. The zero-order chi connectivity index (χ0) is 21.8. The number of piperidine rings is 1. The van der Waals surface area contributed by atoms with Gasteiger partial charge >= 0.3 is 15.5 Å². The van der Waals surface area contributed by atoms with Gasteiger partial charge in [-0.1, -0.05) is 30.3 Å². The molecule has 164 valence electrons. The van der Waals surface area contributed by atoms with Crippen LogP contribution in [0.4, 0.5) is 13.2 Å². The van der Waals surface area contributed by atoms with Crippen molar-refractivity contribution < 1.29 is 21.6 Å². The Kier molecular flexibility index (Phi) is 6.66. The number of halogens is 3. The largest absolute Gasteiger partial charge is 0.511 e. The van der Waals surface area contributed by atoms with Crippen LogP contribution >= 0.6 is 0 Å². The van der Waals surface area contributed by atoms with Crippen LogP contribution in [0.2, 0.25) is 0 Å². The van der Waals surface area contributed by atoms with Crippen molar-refractivity contribution in [3.8, 4) is 11.3 Å². The summed E-state index contributed by atoms with van der Waals surface area (Å²) < 4.78 is 61.5. The van der Waals surface area contributed by atoms with Gasteiger partial charge in [-0.05, 0) is 18.4 Å². The molecule has 8 nitrogen and oxygen atoms in total. The third-order valence-electron chi connectivity index (χ3n) is 4.79. The number of rotatable bonds is 5. The monoisotopic (exact) mass is 444 g/mol. The minimum absolute atomic E-state index is 0.188. The minimum atomic E-state index is -5.28. The maximum absolute atomic E-state index is 12.7. The molecule has 1 aliphatic heterocycles. The molecule has 0 aliphatic carbocycles. The Morgan fingerprint density at radius 3 is 2.53 bits per heavy atom. The Hall–Kier alpha value is -2.60. The van der Waals surface area contributed by atoms with E-state index in [1.807, 2.05) is 30.3 Å². The molecule has 0 atom stereocenters. The molecule has 2 heterocycles. The molecule has 12 heteroatoms. The predicted octanol–water partition coefficient (Wildman–Crippen LogP) is 2.06. The summed E-state index contributed by atoms with van der Waals surface area (Å²) in [5.74, 6) is 1.16. The first kappa shape index (κ1) is 22.1. The van der Waals surface area contributed by atoms with Crippen molar-refractivity contribution in [3.05, 3.63) is 42.4 Å². The number of hydrogen-bond acceptors (Lipinski definition) is 4. The maximum Gasteiger partial charge on any atom is 0.511 e. The van der Waals surface area contributed by atoms with Gasteiger partial charge in [-0.2, -0.15) is 17.5 Å². The van der Waals surface area contributed by atoms with Crippen molar-refractivity contribution in [2.45, 2.75) is 30.9 Å². The fourth-order valence-corrected chi connectivity index (χ4v) is 4.14. The predicted molar refractivity (Wildman–Crippen MR) is 107 cm³/mol. The van der Waals surface area contributed by atoms with Crippen LogP contribution < -0.4 is 10.6 Å². The Bertz CT molecular complexity index is 967. The lowest BCUT2D eigenvalue weighted by molar-refractivity contribution is -0.0494. The highest BCUT2D eigenvalue weighted by Gasteiger charge is 2.50. The van der Waals surface area contributed by atoms with Crippen molar-refractivity contribution in [1.82, 2.24) is 24.9 Å². The summed E-state index contributed by atoms with van der Waals surface area (Å²) in [6, 6.07) is 9.55. The molecule has 0 bridgehead atoms. The second-order valence-corrected chi connectivity index (χ2v) is 8.73. The van der Waals surface area contributed by atoms with E-state index in [0.29, 0.717) is 22.6 Å². The quantitative estimate of drug-likeness (QED) is 0.484. The summed E-state index contributed by atoms with van der Waals surface area (Å²) in [6.07, 6.45) is 2.23. The summed E-state index contributed by atoms with van der Waals surface area (Å²) in [6.45, 7) is -0.0297. The lowest BCUT2D eigenvalue weighted by Gasteiger charge is -2.32. The molecule has 0 radical (unpaired) electrons. The van der Waals surface area contributed by atoms with E-state index in [2.05, 4.69) is 25.6 Å². The zero-order valence-electron chi connectivity index (χ0n) is 16.3. The van der Waals surface area contributed by atoms with E-state index < -0.39 is 15.5 Å². The Morgan fingerprint density at radius 1 is 1.27 bits per heavy atom. The molecule has 1 fully saturated rings. The van der Waals surface area contributed by atoms with Gasteiger partial charge in [-0.15, -0.1) is 0 Å². The number of nitrogens with one attached hydrogen (secondary N) is 3. The van der Waals surface area contributed by atoms with Gasteiger partial charge in [0.15, 0.2) is 5.96 Å². The molecular formula is C18H23F3N6O2S. The number of alkyl halides is 3. The molecule has 30 heavy (non-hydrogen) atoms. The normalized spacial score (nSPS) is 17.1. The Morgan fingerprint density at radius 2 is 1.93 bits per heavy atom. The van der Waals surface area contributed by atoms with Gasteiger partial charge in [0.05, 0.1) is 18.4 Å². The number of nitrogens with zero attached hydrogens (tertiary/aromatic N) is 3. The minimum Gasteiger partial charge on any atom is -0.354 e. The summed E-state index contributed by atoms with van der Waals surface area (Å²) >= 11 is 0. The topological polar surface area (TPSA) is 102 Å². The van der Waals surface area contributed by atoms with Crippen LogP contribution in [0.5, 0.6) is 0 Å². The van der Waals surface area contributed by atoms with Gasteiger partial charge < -0.3 is 15.6 Å². The first-order chi connectivity index (χ1) is 14.2. The van der Waals surface area contributed by atoms with Crippen LogP contribution in [0.15, 0.2) is 41.5 Å². The molecule has 0 unspecified atom stereocenters. The van der Waals surface area contributed by atoms with Gasteiger partial charge in [-0.25, -0.2) is 13.4 Å². The van der Waals surface area contributed by atoms with Crippen LogP contribution in [0.3, 0.4) is 0 Å². The van der Waals surface area contributed by atoms with Gasteiger partial charge in [0.1, 0.15) is 5.82 Å². The average molecular weight is 444 g/mol. The summed E-state index contributed by atoms with van der Waals surface area (Å²) in [4.78, 5) is 11.6. The molecule has 1 aliphatic rings. The summed E-state index contributed by atoms with van der Waals surface area (Å²) in [5, 5.41) is 6.22. The SMILES string of the molecule is CN=C(NCc1ncc(-c2ccccc2)[nH]1)NC1CCN(S(=O)(=O)C(F)(F)F)CC1. The zero-order valence-corrected chi connectivity index (χ0v) is 17.1. The third kappa shape index (κ3) is 5.11. The smallest absolute Gasteiger partial charge is 0.354 e. The van der Waals surface area contributed by atoms with Crippen molar-refractivity contribution in [2.75, 3.05) is 20.1 Å². The van der Waals surface area contributed by atoms with Gasteiger partial charge in [0.25, 0.3) is 0 Å². The van der Waals surface area contributed by atoms with Crippen molar-refractivity contribution in [3.63, 3.8) is 0 Å². The van der Waals surface area contributed by atoms with Gasteiger partial charge in [0.2, 0.25) is 0 Å². The standard InChI is InChI=1S/C18H23F3N6O2S/c1-22-17(24-12-16-23-11-15(26-16)13-5-3-2-4-6-13)25-14-7-9-27(10-8-14)30(28,29)18(19,20)21/h2-6,11,14H,7-10,12H2,1H3,(H,23,26)(H2,22,24,25). The van der Waals surface area contributed by atoms with Crippen LogP contribution in [0.1, 0.15) is 18.7 Å². The highest BCUT2D eigenvalue weighted by Crippen LogP contribution is 2.28. The fourth-order valence-electron chi connectivity index (χ4n) is 3.16. The third-order valence-corrected chi connectivity index (χ3v) is 6.42.